The van der Waals surface area contributed by atoms with E-state index in [9.17, 15) is 9.59 Å². The molecule has 0 heterocycles. The van der Waals surface area contributed by atoms with Gasteiger partial charge in [0.05, 0.1) is 30.8 Å². The van der Waals surface area contributed by atoms with E-state index >= 15 is 0 Å². The van der Waals surface area contributed by atoms with Gasteiger partial charge in [-0.25, -0.2) is 4.79 Å². The number of unbranched alkanes of at least 4 members (excludes halogenated alkanes) is 3. The van der Waals surface area contributed by atoms with Gasteiger partial charge in [-0.3, -0.25) is 4.79 Å². The zero-order chi connectivity index (χ0) is 28.1. The van der Waals surface area contributed by atoms with Crippen LogP contribution in [0, 0.1) is 5.41 Å². The van der Waals surface area contributed by atoms with E-state index in [0.717, 1.165) is 49.0 Å². The summed E-state index contributed by atoms with van der Waals surface area (Å²) in [5, 5.41) is 0. The Labute approximate surface area is 232 Å². The Bertz CT molecular complexity index is 1160. The minimum Gasteiger partial charge on any atom is -0.494 e. The van der Waals surface area contributed by atoms with E-state index in [2.05, 4.69) is 0 Å². The van der Waals surface area contributed by atoms with Crippen molar-refractivity contribution in [3.8, 4) is 28.4 Å². The van der Waals surface area contributed by atoms with Gasteiger partial charge in [0.1, 0.15) is 17.2 Å². The highest BCUT2D eigenvalue weighted by Gasteiger charge is 2.26. The number of esters is 2. The van der Waals surface area contributed by atoms with Gasteiger partial charge in [-0.05, 0) is 113 Å². The molecule has 0 fully saturated rings. The first-order chi connectivity index (χ1) is 18.8. The van der Waals surface area contributed by atoms with Crippen molar-refractivity contribution < 1.29 is 28.5 Å². The van der Waals surface area contributed by atoms with Crippen LogP contribution in [0.4, 0.5) is 0 Å². The number of ether oxygens (including phenoxy) is 4. The quantitative estimate of drug-likeness (QED) is 0.113. The van der Waals surface area contributed by atoms with E-state index in [1.807, 2.05) is 64.1 Å². The summed E-state index contributed by atoms with van der Waals surface area (Å²) in [5.41, 5.74) is 2.13. The summed E-state index contributed by atoms with van der Waals surface area (Å²) in [7, 11) is 0. The second kappa shape index (κ2) is 15.0. The number of hydrogen-bond acceptors (Lipinski definition) is 6. The maximum absolute atomic E-state index is 12.6. The molecule has 0 N–H and O–H groups in total. The van der Waals surface area contributed by atoms with Crippen molar-refractivity contribution in [1.29, 1.82) is 0 Å². The molecule has 0 atom stereocenters. The molecule has 0 amide bonds. The predicted octanol–water partition coefficient (Wildman–Crippen LogP) is 7.89. The summed E-state index contributed by atoms with van der Waals surface area (Å²) < 4.78 is 22.2. The van der Waals surface area contributed by atoms with Crippen LogP contribution in [0.25, 0.3) is 11.1 Å². The number of benzene rings is 3. The molecule has 6 nitrogen and oxygen atoms in total. The van der Waals surface area contributed by atoms with Crippen molar-refractivity contribution in [3.05, 3.63) is 78.4 Å². The van der Waals surface area contributed by atoms with E-state index in [1.165, 1.54) is 0 Å². The SMILES string of the molecule is CCOc1ccc(-c2ccc(OC(=O)c3ccc(OCCCCCCOC(=O)C(C)(C)CC)cc3)cc2)cc1. The van der Waals surface area contributed by atoms with E-state index in [0.29, 0.717) is 36.9 Å². The summed E-state index contributed by atoms with van der Waals surface area (Å²) in [6.45, 7) is 9.46. The number of hydrogen-bond donors (Lipinski definition) is 0. The van der Waals surface area contributed by atoms with Crippen LogP contribution in [0.15, 0.2) is 72.8 Å². The molecule has 0 aromatic heterocycles. The van der Waals surface area contributed by atoms with Crippen LogP contribution in [0.3, 0.4) is 0 Å². The Morgan fingerprint density at radius 1 is 0.641 bits per heavy atom. The molecule has 208 valence electrons. The Morgan fingerprint density at radius 2 is 1.15 bits per heavy atom. The smallest absolute Gasteiger partial charge is 0.343 e. The molecule has 0 spiro atoms. The van der Waals surface area contributed by atoms with Crippen LogP contribution in [-0.2, 0) is 9.53 Å². The fourth-order valence-corrected chi connectivity index (χ4v) is 3.73. The summed E-state index contributed by atoms with van der Waals surface area (Å²) in [4.78, 5) is 24.5. The second-order valence-corrected chi connectivity index (χ2v) is 10.0. The van der Waals surface area contributed by atoms with Crippen molar-refractivity contribution in [2.75, 3.05) is 19.8 Å². The van der Waals surface area contributed by atoms with Gasteiger partial charge in [-0.2, -0.15) is 0 Å². The van der Waals surface area contributed by atoms with Gasteiger partial charge < -0.3 is 18.9 Å². The Hall–Kier alpha value is -3.80. The molecule has 0 aliphatic rings. The number of carbonyl (C=O) groups excluding carboxylic acids is 2. The van der Waals surface area contributed by atoms with E-state index < -0.39 is 11.4 Å². The van der Waals surface area contributed by atoms with Crippen LogP contribution in [0.1, 0.15) is 70.2 Å². The molecule has 6 heteroatoms. The monoisotopic (exact) mass is 532 g/mol. The minimum absolute atomic E-state index is 0.126. The molecule has 0 saturated carbocycles. The van der Waals surface area contributed by atoms with Crippen LogP contribution in [0.5, 0.6) is 17.2 Å². The lowest BCUT2D eigenvalue weighted by molar-refractivity contribution is -0.154. The third-order valence-electron chi connectivity index (χ3n) is 6.63. The first-order valence-electron chi connectivity index (χ1n) is 13.8. The molecule has 3 rings (SSSR count). The van der Waals surface area contributed by atoms with Crippen molar-refractivity contribution in [2.24, 2.45) is 5.41 Å². The second-order valence-electron chi connectivity index (χ2n) is 10.0. The molecule has 0 radical (unpaired) electrons. The predicted molar refractivity (Wildman–Crippen MR) is 153 cm³/mol. The summed E-state index contributed by atoms with van der Waals surface area (Å²) >= 11 is 0. The normalized spacial score (nSPS) is 11.1. The molecule has 0 bridgehead atoms. The maximum atomic E-state index is 12.6. The lowest BCUT2D eigenvalue weighted by atomic mass is 9.91. The van der Waals surface area contributed by atoms with Gasteiger partial charge in [-0.15, -0.1) is 0 Å². The molecule has 3 aromatic carbocycles. The standard InChI is InChI=1S/C33H40O6/c1-5-33(3,4)32(35)38-24-10-8-7-9-23-37-29-19-15-27(16-20-29)31(34)39-30-21-13-26(14-22-30)25-11-17-28(18-12-25)36-6-2/h11-22H,5-10,23-24H2,1-4H3. The van der Waals surface area contributed by atoms with Crippen molar-refractivity contribution >= 4 is 11.9 Å². The fourth-order valence-electron chi connectivity index (χ4n) is 3.73. The maximum Gasteiger partial charge on any atom is 0.343 e. The van der Waals surface area contributed by atoms with Gasteiger partial charge in [-0.1, -0.05) is 31.2 Å². The molecule has 0 saturated heterocycles. The zero-order valence-electron chi connectivity index (χ0n) is 23.5. The summed E-state index contributed by atoms with van der Waals surface area (Å²) in [6.07, 6.45) is 4.51. The Balaban J connectivity index is 1.35. The average molecular weight is 533 g/mol. The fraction of sp³-hybridized carbons (Fsp3) is 0.394. The van der Waals surface area contributed by atoms with Crippen LogP contribution < -0.4 is 14.2 Å². The molecule has 0 aliphatic heterocycles. The average Bonchev–Trinajstić information content (AvgIpc) is 2.95. The highest BCUT2D eigenvalue weighted by atomic mass is 16.5. The van der Waals surface area contributed by atoms with E-state index in [1.54, 1.807) is 36.4 Å². The Kier molecular flexibility index (Phi) is 11.4. The lowest BCUT2D eigenvalue weighted by Gasteiger charge is -2.20. The van der Waals surface area contributed by atoms with Gasteiger partial charge >= 0.3 is 11.9 Å². The van der Waals surface area contributed by atoms with Crippen LogP contribution in [0.2, 0.25) is 0 Å². The van der Waals surface area contributed by atoms with Crippen LogP contribution in [-0.4, -0.2) is 31.8 Å². The third kappa shape index (κ3) is 9.47. The zero-order valence-corrected chi connectivity index (χ0v) is 23.5. The topological polar surface area (TPSA) is 71.1 Å². The molecular formula is C33H40O6. The third-order valence-corrected chi connectivity index (χ3v) is 6.63. The first-order valence-corrected chi connectivity index (χ1v) is 13.8. The van der Waals surface area contributed by atoms with Gasteiger partial charge in [0.25, 0.3) is 0 Å². The van der Waals surface area contributed by atoms with Crippen molar-refractivity contribution in [2.45, 2.75) is 59.8 Å². The number of carbonyl (C=O) groups is 2. The molecule has 0 aliphatic carbocycles. The largest absolute Gasteiger partial charge is 0.494 e. The molecule has 0 unspecified atom stereocenters. The van der Waals surface area contributed by atoms with E-state index in [-0.39, 0.29) is 5.97 Å². The first kappa shape index (κ1) is 29.8. The van der Waals surface area contributed by atoms with E-state index in [4.69, 9.17) is 18.9 Å². The molecule has 39 heavy (non-hydrogen) atoms. The van der Waals surface area contributed by atoms with Gasteiger partial charge in [0, 0.05) is 0 Å². The van der Waals surface area contributed by atoms with Crippen molar-refractivity contribution in [1.82, 2.24) is 0 Å². The highest BCUT2D eigenvalue weighted by molar-refractivity contribution is 5.91. The lowest BCUT2D eigenvalue weighted by Crippen LogP contribution is -2.26. The highest BCUT2D eigenvalue weighted by Crippen LogP contribution is 2.25. The Morgan fingerprint density at radius 3 is 1.72 bits per heavy atom. The van der Waals surface area contributed by atoms with Gasteiger partial charge in [0.15, 0.2) is 0 Å². The molecule has 3 aromatic rings. The van der Waals surface area contributed by atoms with Gasteiger partial charge in [0.2, 0.25) is 0 Å². The number of rotatable bonds is 15. The molecular weight excluding hydrogens is 492 g/mol. The minimum atomic E-state index is -0.418. The van der Waals surface area contributed by atoms with Crippen LogP contribution >= 0.6 is 0 Å². The summed E-state index contributed by atoms with van der Waals surface area (Å²) in [6, 6.07) is 22.3. The van der Waals surface area contributed by atoms with Crippen molar-refractivity contribution in [3.63, 3.8) is 0 Å². The summed E-state index contributed by atoms with van der Waals surface area (Å²) in [5.74, 6) is 1.49.